The maximum Gasteiger partial charge on any atom is 0.163 e. The van der Waals surface area contributed by atoms with Gasteiger partial charge in [-0.05, 0) is 35.6 Å². The fourth-order valence-corrected chi connectivity index (χ4v) is 2.65. The molecule has 2 nitrogen and oxygen atoms in total. The van der Waals surface area contributed by atoms with Gasteiger partial charge in [0.05, 0.1) is 11.6 Å². The first kappa shape index (κ1) is 11.7. The van der Waals surface area contributed by atoms with E-state index < -0.39 is 0 Å². The van der Waals surface area contributed by atoms with Crippen molar-refractivity contribution in [2.75, 3.05) is 0 Å². The van der Waals surface area contributed by atoms with E-state index in [4.69, 9.17) is 5.26 Å². The van der Waals surface area contributed by atoms with Gasteiger partial charge in [-0.25, -0.2) is 0 Å². The van der Waals surface area contributed by atoms with Crippen molar-refractivity contribution < 1.29 is 4.79 Å². The highest BCUT2D eigenvalue weighted by Gasteiger charge is 2.17. The summed E-state index contributed by atoms with van der Waals surface area (Å²) in [4.78, 5) is 11.8. The molecule has 0 spiro atoms. The second kappa shape index (κ2) is 4.70. The van der Waals surface area contributed by atoms with E-state index in [1.807, 2.05) is 36.4 Å². The average molecular weight is 247 g/mol. The number of aryl methyl sites for hydroxylation is 1. The molecule has 0 aromatic heterocycles. The molecule has 0 aliphatic heterocycles. The van der Waals surface area contributed by atoms with Crippen molar-refractivity contribution in [3.05, 3.63) is 59.2 Å². The smallest absolute Gasteiger partial charge is 0.163 e. The summed E-state index contributed by atoms with van der Waals surface area (Å²) in [7, 11) is 0. The molecule has 0 bridgehead atoms. The van der Waals surface area contributed by atoms with Crippen LogP contribution in [-0.2, 0) is 6.42 Å². The third-order valence-electron chi connectivity index (χ3n) is 3.61. The number of carbonyl (C=O) groups excluding carboxylic acids is 1. The van der Waals surface area contributed by atoms with Crippen LogP contribution in [0.5, 0.6) is 0 Å². The second-order valence-corrected chi connectivity index (χ2v) is 4.81. The molecular weight excluding hydrogens is 234 g/mol. The fraction of sp³-hybridized carbons (Fsp3) is 0.176. The predicted molar refractivity (Wildman–Crippen MR) is 73.9 cm³/mol. The lowest BCUT2D eigenvalue weighted by molar-refractivity contribution is 0.0972. The van der Waals surface area contributed by atoms with Gasteiger partial charge in [0.2, 0.25) is 0 Å². The quantitative estimate of drug-likeness (QED) is 0.770. The van der Waals surface area contributed by atoms with E-state index in [9.17, 15) is 4.79 Å². The zero-order valence-corrected chi connectivity index (χ0v) is 10.5. The highest BCUT2D eigenvalue weighted by Crippen LogP contribution is 2.29. The number of fused-ring (bicyclic) bond motifs is 1. The molecule has 1 aliphatic rings. The van der Waals surface area contributed by atoms with Crippen LogP contribution in [-0.4, -0.2) is 5.78 Å². The molecule has 0 N–H and O–H groups in total. The van der Waals surface area contributed by atoms with Gasteiger partial charge in [-0.15, -0.1) is 0 Å². The lowest BCUT2D eigenvalue weighted by Gasteiger charge is -2.16. The Morgan fingerprint density at radius 2 is 1.84 bits per heavy atom. The van der Waals surface area contributed by atoms with Crippen LogP contribution in [0.2, 0.25) is 0 Å². The van der Waals surface area contributed by atoms with Crippen LogP contribution in [0, 0.1) is 11.3 Å². The van der Waals surface area contributed by atoms with Crippen molar-refractivity contribution in [3.63, 3.8) is 0 Å². The van der Waals surface area contributed by atoms with Crippen molar-refractivity contribution in [1.29, 1.82) is 5.26 Å². The molecule has 0 heterocycles. The van der Waals surface area contributed by atoms with Gasteiger partial charge in [-0.3, -0.25) is 4.79 Å². The Labute approximate surface area is 112 Å². The molecule has 19 heavy (non-hydrogen) atoms. The largest absolute Gasteiger partial charge is 0.294 e. The number of nitriles is 1. The zero-order chi connectivity index (χ0) is 13.2. The molecule has 0 radical (unpaired) electrons. The monoisotopic (exact) mass is 247 g/mol. The topological polar surface area (TPSA) is 40.9 Å². The molecule has 0 fully saturated rings. The molecule has 0 atom stereocenters. The number of benzene rings is 2. The molecule has 0 amide bonds. The fourth-order valence-electron chi connectivity index (χ4n) is 2.65. The number of Topliss-reactive ketones (excluding diaryl/α,β-unsaturated/α-hetero) is 1. The maximum atomic E-state index is 11.8. The highest BCUT2D eigenvalue weighted by atomic mass is 16.1. The number of carbonyl (C=O) groups is 1. The lowest BCUT2D eigenvalue weighted by atomic mass is 9.87. The summed E-state index contributed by atoms with van der Waals surface area (Å²) < 4.78 is 0. The SMILES string of the molecule is N#Cc1ccccc1-c1ccc2c(c1)CCCC2=O. The third kappa shape index (κ3) is 2.04. The minimum atomic E-state index is 0.237. The summed E-state index contributed by atoms with van der Waals surface area (Å²) >= 11 is 0. The number of hydrogen-bond donors (Lipinski definition) is 0. The zero-order valence-electron chi connectivity index (χ0n) is 10.5. The van der Waals surface area contributed by atoms with E-state index in [-0.39, 0.29) is 5.78 Å². The number of hydrogen-bond acceptors (Lipinski definition) is 2. The van der Waals surface area contributed by atoms with Crippen LogP contribution in [0.1, 0.15) is 34.3 Å². The highest BCUT2D eigenvalue weighted by molar-refractivity contribution is 5.99. The van der Waals surface area contributed by atoms with Crippen molar-refractivity contribution in [3.8, 4) is 17.2 Å². The Hall–Kier alpha value is -2.40. The number of nitrogens with zero attached hydrogens (tertiary/aromatic N) is 1. The molecule has 3 rings (SSSR count). The molecule has 0 saturated carbocycles. The Kier molecular flexibility index (Phi) is 2.89. The summed E-state index contributed by atoms with van der Waals surface area (Å²) in [5.41, 5.74) is 4.59. The van der Waals surface area contributed by atoms with Gasteiger partial charge in [0.15, 0.2) is 5.78 Å². The van der Waals surface area contributed by atoms with Crippen LogP contribution < -0.4 is 0 Å². The minimum absolute atomic E-state index is 0.237. The van der Waals surface area contributed by atoms with Crippen molar-refractivity contribution >= 4 is 5.78 Å². The van der Waals surface area contributed by atoms with Gasteiger partial charge in [0.25, 0.3) is 0 Å². The number of rotatable bonds is 1. The van der Waals surface area contributed by atoms with Gasteiger partial charge >= 0.3 is 0 Å². The van der Waals surface area contributed by atoms with Crippen LogP contribution in [0.15, 0.2) is 42.5 Å². The molecule has 2 aromatic rings. The van der Waals surface area contributed by atoms with E-state index in [2.05, 4.69) is 12.1 Å². The summed E-state index contributed by atoms with van der Waals surface area (Å²) in [6.45, 7) is 0. The van der Waals surface area contributed by atoms with Crippen molar-refractivity contribution in [2.24, 2.45) is 0 Å². The van der Waals surface area contributed by atoms with Gasteiger partial charge in [0.1, 0.15) is 0 Å². The first-order chi connectivity index (χ1) is 9.29. The summed E-state index contributed by atoms with van der Waals surface area (Å²) in [6, 6.07) is 15.7. The van der Waals surface area contributed by atoms with Crippen LogP contribution in [0.4, 0.5) is 0 Å². The van der Waals surface area contributed by atoms with Gasteiger partial charge in [-0.1, -0.05) is 36.4 Å². The Balaban J connectivity index is 2.13. The predicted octanol–water partition coefficient (Wildman–Crippen LogP) is 3.74. The molecule has 0 saturated heterocycles. The molecule has 2 heteroatoms. The van der Waals surface area contributed by atoms with Crippen LogP contribution >= 0.6 is 0 Å². The normalized spacial score (nSPS) is 13.7. The Bertz CT molecular complexity index is 695. The van der Waals surface area contributed by atoms with Crippen LogP contribution in [0.3, 0.4) is 0 Å². The summed E-state index contributed by atoms with van der Waals surface area (Å²) in [5, 5.41) is 9.16. The molecule has 92 valence electrons. The Morgan fingerprint density at radius 1 is 1.00 bits per heavy atom. The third-order valence-corrected chi connectivity index (χ3v) is 3.61. The second-order valence-electron chi connectivity index (χ2n) is 4.81. The molecule has 1 aliphatic carbocycles. The summed E-state index contributed by atoms with van der Waals surface area (Å²) in [5.74, 6) is 0.237. The standard InChI is InChI=1S/C17H13NO/c18-11-14-4-1-2-6-15(14)13-8-9-16-12(10-13)5-3-7-17(16)19/h1-2,4,6,8-10H,3,5,7H2. The van der Waals surface area contributed by atoms with Crippen molar-refractivity contribution in [1.82, 2.24) is 0 Å². The van der Waals surface area contributed by atoms with Gasteiger partial charge < -0.3 is 0 Å². The average Bonchev–Trinajstić information content (AvgIpc) is 2.47. The molecule has 2 aromatic carbocycles. The molecule has 0 unspecified atom stereocenters. The molecular formula is C17H13NO. The first-order valence-electron chi connectivity index (χ1n) is 6.45. The van der Waals surface area contributed by atoms with Gasteiger partial charge in [-0.2, -0.15) is 5.26 Å². The van der Waals surface area contributed by atoms with Crippen LogP contribution in [0.25, 0.3) is 11.1 Å². The first-order valence-corrected chi connectivity index (χ1v) is 6.45. The number of ketones is 1. The summed E-state index contributed by atoms with van der Waals surface area (Å²) in [6.07, 6.45) is 2.53. The van der Waals surface area contributed by atoms with E-state index in [0.717, 1.165) is 35.1 Å². The van der Waals surface area contributed by atoms with E-state index >= 15 is 0 Å². The van der Waals surface area contributed by atoms with E-state index in [1.165, 1.54) is 0 Å². The maximum absolute atomic E-state index is 11.8. The Morgan fingerprint density at radius 3 is 2.68 bits per heavy atom. The van der Waals surface area contributed by atoms with Gasteiger partial charge in [0, 0.05) is 12.0 Å². The van der Waals surface area contributed by atoms with E-state index in [1.54, 1.807) is 0 Å². The lowest BCUT2D eigenvalue weighted by Crippen LogP contribution is -2.10. The van der Waals surface area contributed by atoms with Crippen molar-refractivity contribution in [2.45, 2.75) is 19.3 Å². The minimum Gasteiger partial charge on any atom is -0.294 e. The van der Waals surface area contributed by atoms with E-state index in [0.29, 0.717) is 12.0 Å².